The number of carbonyl (C=O) groups excluding carboxylic acids is 1. The highest BCUT2D eigenvalue weighted by Crippen LogP contribution is 2.22. The Labute approximate surface area is 138 Å². The van der Waals surface area contributed by atoms with E-state index in [1.807, 2.05) is 30.3 Å². The molecule has 1 aliphatic rings. The first-order valence-electron chi connectivity index (χ1n) is 8.12. The van der Waals surface area contributed by atoms with Crippen molar-refractivity contribution in [1.82, 2.24) is 9.97 Å². The number of nitrogens with one attached hydrogen (secondary N) is 2. The second-order valence-corrected chi connectivity index (χ2v) is 6.05. The smallest absolute Gasteiger partial charge is 0.261 e. The molecular weight excluding hydrogens is 302 g/mol. The van der Waals surface area contributed by atoms with E-state index in [1.165, 1.54) is 0 Å². The Kier molecular flexibility index (Phi) is 3.61. The number of aromatic amines is 1. The van der Waals surface area contributed by atoms with Crippen molar-refractivity contribution in [3.63, 3.8) is 0 Å². The van der Waals surface area contributed by atoms with Gasteiger partial charge in [-0.2, -0.15) is 0 Å². The summed E-state index contributed by atoms with van der Waals surface area (Å²) >= 11 is 0. The number of nitrogens with zero attached hydrogens (tertiary/aromatic N) is 1. The van der Waals surface area contributed by atoms with Gasteiger partial charge in [0.05, 0.1) is 11.2 Å². The lowest BCUT2D eigenvalue weighted by Gasteiger charge is -2.16. The molecule has 0 radical (unpaired) electrons. The van der Waals surface area contributed by atoms with Gasteiger partial charge in [-0.1, -0.05) is 6.07 Å². The van der Waals surface area contributed by atoms with E-state index in [9.17, 15) is 9.59 Å². The number of anilines is 1. The Hall–Kier alpha value is -2.95. The molecule has 24 heavy (non-hydrogen) atoms. The van der Waals surface area contributed by atoms with Gasteiger partial charge >= 0.3 is 0 Å². The van der Waals surface area contributed by atoms with Crippen molar-refractivity contribution in [2.45, 2.75) is 25.7 Å². The van der Waals surface area contributed by atoms with Crippen molar-refractivity contribution in [3.05, 3.63) is 69.8 Å². The summed E-state index contributed by atoms with van der Waals surface area (Å²) in [4.78, 5) is 32.0. The average molecular weight is 319 g/mol. The normalized spacial score (nSPS) is 13.5. The number of hydrogen-bond acceptors (Lipinski definition) is 3. The fourth-order valence-corrected chi connectivity index (χ4v) is 3.25. The largest absolute Gasteiger partial charge is 0.325 e. The summed E-state index contributed by atoms with van der Waals surface area (Å²) in [5, 5.41) is 3.70. The number of rotatable bonds is 2. The minimum atomic E-state index is -0.388. The van der Waals surface area contributed by atoms with Gasteiger partial charge < -0.3 is 10.3 Å². The van der Waals surface area contributed by atoms with Crippen LogP contribution in [0.15, 0.2) is 47.4 Å². The molecule has 2 heterocycles. The number of carbonyl (C=O) groups is 1. The van der Waals surface area contributed by atoms with E-state index in [-0.39, 0.29) is 17.0 Å². The summed E-state index contributed by atoms with van der Waals surface area (Å²) in [6.45, 7) is 0. The Morgan fingerprint density at radius 2 is 2.00 bits per heavy atom. The van der Waals surface area contributed by atoms with Crippen molar-refractivity contribution >= 4 is 22.5 Å². The molecule has 0 fully saturated rings. The van der Waals surface area contributed by atoms with Gasteiger partial charge in [-0.25, -0.2) is 0 Å². The van der Waals surface area contributed by atoms with E-state index in [0.29, 0.717) is 5.69 Å². The minimum absolute atomic E-state index is 0.163. The minimum Gasteiger partial charge on any atom is -0.325 e. The molecule has 1 amide bonds. The molecule has 5 nitrogen and oxygen atoms in total. The van der Waals surface area contributed by atoms with Crippen LogP contribution in [-0.4, -0.2) is 15.9 Å². The van der Waals surface area contributed by atoms with E-state index in [0.717, 1.165) is 47.8 Å². The number of fused-ring (bicyclic) bond motifs is 2. The maximum atomic E-state index is 12.6. The first-order valence-corrected chi connectivity index (χ1v) is 8.12. The molecule has 120 valence electrons. The van der Waals surface area contributed by atoms with Crippen LogP contribution in [0.4, 0.5) is 5.69 Å². The molecule has 2 N–H and O–H groups in total. The van der Waals surface area contributed by atoms with Gasteiger partial charge in [0.1, 0.15) is 5.56 Å². The second-order valence-electron chi connectivity index (χ2n) is 6.05. The van der Waals surface area contributed by atoms with Gasteiger partial charge in [-0.15, -0.1) is 0 Å². The van der Waals surface area contributed by atoms with Crippen LogP contribution in [0.2, 0.25) is 0 Å². The topological polar surface area (TPSA) is 74.8 Å². The highest BCUT2D eigenvalue weighted by molar-refractivity contribution is 6.08. The molecule has 5 heteroatoms. The van der Waals surface area contributed by atoms with E-state index in [1.54, 1.807) is 12.3 Å². The van der Waals surface area contributed by atoms with E-state index in [2.05, 4.69) is 15.3 Å². The Morgan fingerprint density at radius 1 is 1.12 bits per heavy atom. The molecule has 0 bridgehead atoms. The lowest BCUT2D eigenvalue weighted by Crippen LogP contribution is -2.26. The predicted molar refractivity (Wildman–Crippen MR) is 93.4 cm³/mol. The zero-order chi connectivity index (χ0) is 16.5. The number of H-pyrrole nitrogens is 1. The zero-order valence-electron chi connectivity index (χ0n) is 13.1. The van der Waals surface area contributed by atoms with Crippen LogP contribution in [0, 0.1) is 0 Å². The monoisotopic (exact) mass is 319 g/mol. The van der Waals surface area contributed by atoms with Crippen molar-refractivity contribution < 1.29 is 4.79 Å². The van der Waals surface area contributed by atoms with E-state index < -0.39 is 0 Å². The molecule has 1 aliphatic carbocycles. The van der Waals surface area contributed by atoms with E-state index >= 15 is 0 Å². The van der Waals surface area contributed by atoms with Crippen LogP contribution in [0.25, 0.3) is 10.9 Å². The summed E-state index contributed by atoms with van der Waals surface area (Å²) < 4.78 is 0. The number of amides is 1. The Bertz CT molecular complexity index is 986. The Balaban J connectivity index is 1.70. The molecule has 0 atom stereocenters. The van der Waals surface area contributed by atoms with Gasteiger partial charge in [-0.05, 0) is 61.6 Å². The fourth-order valence-electron chi connectivity index (χ4n) is 3.25. The van der Waals surface area contributed by atoms with Gasteiger partial charge in [-0.3, -0.25) is 14.6 Å². The summed E-state index contributed by atoms with van der Waals surface area (Å²) in [5.74, 6) is -0.388. The Morgan fingerprint density at radius 3 is 2.92 bits per heavy atom. The SMILES string of the molecule is O=C(Nc1cccc2ncccc12)c1cc2c([nH]c1=O)CCCC2. The summed E-state index contributed by atoms with van der Waals surface area (Å²) in [7, 11) is 0. The van der Waals surface area contributed by atoms with Crippen molar-refractivity contribution in [2.75, 3.05) is 5.32 Å². The van der Waals surface area contributed by atoms with Crippen LogP contribution in [0.5, 0.6) is 0 Å². The summed E-state index contributed by atoms with van der Waals surface area (Å²) in [5.41, 5.74) is 3.34. The van der Waals surface area contributed by atoms with Crippen molar-refractivity contribution in [1.29, 1.82) is 0 Å². The molecule has 0 aliphatic heterocycles. The number of hydrogen-bond donors (Lipinski definition) is 2. The molecule has 0 saturated carbocycles. The lowest BCUT2D eigenvalue weighted by molar-refractivity contribution is 0.102. The van der Waals surface area contributed by atoms with Gasteiger partial charge in [0.25, 0.3) is 11.5 Å². The molecular formula is C19H17N3O2. The maximum Gasteiger partial charge on any atom is 0.261 e. The quantitative estimate of drug-likeness (QED) is 0.762. The third-order valence-electron chi connectivity index (χ3n) is 4.48. The van der Waals surface area contributed by atoms with Gasteiger partial charge in [0.2, 0.25) is 0 Å². The molecule has 3 aromatic rings. The first kappa shape index (κ1) is 14.6. The molecule has 2 aromatic heterocycles. The number of aryl methyl sites for hydroxylation is 2. The van der Waals surface area contributed by atoms with Crippen molar-refractivity contribution in [2.24, 2.45) is 0 Å². The zero-order valence-corrected chi connectivity index (χ0v) is 13.1. The average Bonchev–Trinajstić information content (AvgIpc) is 2.61. The summed E-state index contributed by atoms with van der Waals surface area (Å²) in [6, 6.07) is 11.0. The number of pyridine rings is 2. The molecule has 0 spiro atoms. The number of aromatic nitrogens is 2. The number of benzene rings is 1. The second kappa shape index (κ2) is 5.92. The van der Waals surface area contributed by atoms with Gasteiger partial charge in [0, 0.05) is 17.3 Å². The maximum absolute atomic E-state index is 12.6. The third kappa shape index (κ3) is 2.58. The standard InChI is InChI=1S/C19H17N3O2/c23-18-14(11-12-5-1-2-7-15(12)21-18)19(24)22-17-9-3-8-16-13(17)6-4-10-20-16/h3-4,6,8-11H,1-2,5,7H2,(H,21,23)(H,22,24). The molecule has 0 saturated heterocycles. The van der Waals surface area contributed by atoms with E-state index in [4.69, 9.17) is 0 Å². The van der Waals surface area contributed by atoms with Crippen LogP contribution in [-0.2, 0) is 12.8 Å². The highest BCUT2D eigenvalue weighted by atomic mass is 16.2. The van der Waals surface area contributed by atoms with Gasteiger partial charge in [0.15, 0.2) is 0 Å². The fraction of sp³-hybridized carbons (Fsp3) is 0.211. The third-order valence-corrected chi connectivity index (χ3v) is 4.48. The van der Waals surface area contributed by atoms with Crippen LogP contribution < -0.4 is 10.9 Å². The highest BCUT2D eigenvalue weighted by Gasteiger charge is 2.17. The van der Waals surface area contributed by atoms with Crippen molar-refractivity contribution in [3.8, 4) is 0 Å². The van der Waals surface area contributed by atoms with Crippen LogP contribution >= 0.6 is 0 Å². The predicted octanol–water partition coefficient (Wildman–Crippen LogP) is 3.05. The summed E-state index contributed by atoms with van der Waals surface area (Å²) in [6.07, 6.45) is 5.67. The first-order chi connectivity index (χ1) is 11.7. The lowest BCUT2D eigenvalue weighted by atomic mass is 9.95. The molecule has 4 rings (SSSR count). The molecule has 0 unspecified atom stereocenters. The van der Waals surface area contributed by atoms with Crippen LogP contribution in [0.1, 0.15) is 34.5 Å². The molecule has 1 aromatic carbocycles. The van der Waals surface area contributed by atoms with Crippen LogP contribution in [0.3, 0.4) is 0 Å².